The molecule has 25 heavy (non-hydrogen) atoms. The van der Waals surface area contributed by atoms with Crippen LogP contribution in [0.5, 0.6) is 0 Å². The number of aromatic nitrogens is 2. The van der Waals surface area contributed by atoms with Crippen LogP contribution in [0.1, 0.15) is 0 Å². The minimum absolute atomic E-state index is 0.108. The molecule has 0 saturated heterocycles. The fraction of sp³-hybridized carbons (Fsp3) is 0.111. The molecule has 1 N–H and O–H groups in total. The van der Waals surface area contributed by atoms with Gasteiger partial charge in [0.15, 0.2) is 5.30 Å². The Morgan fingerprint density at radius 2 is 1.40 bits per heavy atom. The van der Waals surface area contributed by atoms with Crippen LogP contribution in [-0.4, -0.2) is 24.2 Å². The molecule has 0 bridgehead atoms. The summed E-state index contributed by atoms with van der Waals surface area (Å²) in [4.78, 5) is 20.0. The molecule has 7 heteroatoms. The van der Waals surface area contributed by atoms with E-state index in [9.17, 15) is 9.36 Å². The third-order valence-electron chi connectivity index (χ3n) is 3.74. The lowest BCUT2D eigenvalue weighted by Crippen LogP contribution is -2.32. The zero-order valence-corrected chi connectivity index (χ0v) is 14.7. The maximum Gasteiger partial charge on any atom is 0.368 e. The summed E-state index contributed by atoms with van der Waals surface area (Å²) in [5.41, 5.74) is 1.11. The van der Waals surface area contributed by atoms with Crippen LogP contribution in [0.4, 0.5) is 0 Å². The van der Waals surface area contributed by atoms with E-state index in [1.165, 1.54) is 14.2 Å². The molecule has 0 unspecified atom stereocenters. The fourth-order valence-corrected chi connectivity index (χ4v) is 3.77. The molecule has 0 aliphatic rings. The van der Waals surface area contributed by atoms with Gasteiger partial charge in [0.2, 0.25) is 0 Å². The summed E-state index contributed by atoms with van der Waals surface area (Å²) in [6.07, 6.45) is 0. The highest BCUT2D eigenvalue weighted by Gasteiger charge is 2.33. The van der Waals surface area contributed by atoms with Gasteiger partial charge in [0, 0.05) is 25.3 Å². The van der Waals surface area contributed by atoms with Crippen LogP contribution in [0.25, 0.3) is 22.6 Å². The van der Waals surface area contributed by atoms with Crippen molar-refractivity contribution in [3.05, 3.63) is 71.0 Å². The highest BCUT2D eigenvalue weighted by atomic mass is 31.2. The predicted octanol–water partition coefficient (Wildman–Crippen LogP) is 3.22. The average Bonchev–Trinajstić information content (AvgIpc) is 2.68. The summed E-state index contributed by atoms with van der Waals surface area (Å²) < 4.78 is 23.0. The molecule has 1 aromatic heterocycles. The summed E-state index contributed by atoms with van der Waals surface area (Å²) in [5.74, 6) is 0.381. The summed E-state index contributed by atoms with van der Waals surface area (Å²) in [7, 11) is -1.31. The Morgan fingerprint density at radius 3 is 1.92 bits per heavy atom. The Morgan fingerprint density at radius 1 is 0.880 bits per heavy atom. The molecule has 3 rings (SSSR count). The van der Waals surface area contributed by atoms with Gasteiger partial charge in [-0.1, -0.05) is 60.7 Å². The number of hydrogen-bond donors (Lipinski definition) is 1. The van der Waals surface area contributed by atoms with Crippen molar-refractivity contribution in [1.29, 1.82) is 0 Å². The first-order chi connectivity index (χ1) is 12.1. The summed E-state index contributed by atoms with van der Waals surface area (Å²) in [6.45, 7) is 0. The van der Waals surface area contributed by atoms with Crippen molar-refractivity contribution in [1.82, 2.24) is 9.97 Å². The van der Waals surface area contributed by atoms with Gasteiger partial charge in [-0.2, -0.15) is 0 Å². The van der Waals surface area contributed by atoms with Crippen LogP contribution in [0.15, 0.2) is 65.5 Å². The molecule has 0 saturated carbocycles. The first-order valence-electron chi connectivity index (χ1n) is 7.56. The van der Waals surface area contributed by atoms with Gasteiger partial charge in [-0.05, 0) is 0 Å². The highest BCUT2D eigenvalue weighted by molar-refractivity contribution is 7.62. The molecular weight excluding hydrogens is 339 g/mol. The monoisotopic (exact) mass is 356 g/mol. The first-order valence-corrected chi connectivity index (χ1v) is 9.10. The molecule has 0 aliphatic carbocycles. The van der Waals surface area contributed by atoms with Crippen molar-refractivity contribution in [2.45, 2.75) is 0 Å². The van der Waals surface area contributed by atoms with Crippen LogP contribution in [0, 0.1) is 0 Å². The fourth-order valence-electron chi connectivity index (χ4n) is 2.51. The lowest BCUT2D eigenvalue weighted by atomic mass is 10.1. The van der Waals surface area contributed by atoms with Crippen LogP contribution in [-0.2, 0) is 13.6 Å². The average molecular weight is 356 g/mol. The Bertz CT molecular complexity index is 963. The normalized spacial score (nSPS) is 11.4. The molecule has 0 spiro atoms. The second kappa shape index (κ2) is 7.15. The van der Waals surface area contributed by atoms with Gasteiger partial charge in [0.1, 0.15) is 5.82 Å². The number of H-pyrrole nitrogens is 1. The van der Waals surface area contributed by atoms with Gasteiger partial charge >= 0.3 is 7.60 Å². The van der Waals surface area contributed by atoms with E-state index in [1.54, 1.807) is 12.1 Å². The van der Waals surface area contributed by atoms with Gasteiger partial charge in [-0.15, -0.1) is 0 Å². The van der Waals surface area contributed by atoms with Crippen LogP contribution in [0.2, 0.25) is 0 Å². The summed E-state index contributed by atoms with van der Waals surface area (Å²) in [6, 6.07) is 18.3. The minimum Gasteiger partial charge on any atom is -0.308 e. The first kappa shape index (κ1) is 17.3. The van der Waals surface area contributed by atoms with Crippen LogP contribution < -0.4 is 10.9 Å². The molecular formula is C18H17N2O4P. The number of hydrogen-bond acceptors (Lipinski definition) is 5. The van der Waals surface area contributed by atoms with Crippen molar-refractivity contribution in [3.63, 3.8) is 0 Å². The lowest BCUT2D eigenvalue weighted by molar-refractivity contribution is 0.287. The van der Waals surface area contributed by atoms with E-state index in [0.717, 1.165) is 5.56 Å². The third-order valence-corrected chi connectivity index (χ3v) is 5.67. The Balaban J connectivity index is 2.33. The van der Waals surface area contributed by atoms with E-state index in [1.807, 2.05) is 48.5 Å². The molecule has 0 radical (unpaired) electrons. The number of aromatic amines is 1. The lowest BCUT2D eigenvalue weighted by Gasteiger charge is -2.17. The van der Waals surface area contributed by atoms with E-state index in [-0.39, 0.29) is 11.0 Å². The molecule has 1 heterocycles. The number of benzene rings is 2. The predicted molar refractivity (Wildman–Crippen MR) is 97.0 cm³/mol. The Labute approximate surface area is 145 Å². The topological polar surface area (TPSA) is 81.3 Å². The zero-order valence-electron chi connectivity index (χ0n) is 13.8. The van der Waals surface area contributed by atoms with Gasteiger partial charge in [-0.3, -0.25) is 9.36 Å². The summed E-state index contributed by atoms with van der Waals surface area (Å²) >= 11 is 0. The molecule has 128 valence electrons. The molecule has 0 aliphatic heterocycles. The quantitative estimate of drug-likeness (QED) is 0.710. The van der Waals surface area contributed by atoms with Crippen LogP contribution >= 0.6 is 7.60 Å². The second-order valence-corrected chi connectivity index (χ2v) is 7.38. The van der Waals surface area contributed by atoms with Crippen molar-refractivity contribution in [2.75, 3.05) is 14.2 Å². The largest absolute Gasteiger partial charge is 0.368 e. The second-order valence-electron chi connectivity index (χ2n) is 5.21. The number of nitrogens with one attached hydrogen (secondary N) is 1. The Kier molecular flexibility index (Phi) is 4.95. The van der Waals surface area contributed by atoms with Gasteiger partial charge in [0.25, 0.3) is 5.56 Å². The van der Waals surface area contributed by atoms with Gasteiger partial charge in [0.05, 0.1) is 5.69 Å². The smallest absolute Gasteiger partial charge is 0.308 e. The molecule has 0 fully saturated rings. The highest BCUT2D eigenvalue weighted by Crippen LogP contribution is 2.46. The molecule has 6 nitrogen and oxygen atoms in total. The SMILES string of the molecule is COP(=O)(OC)c1c(-c2ccccc2)nc(-c2ccccc2)[nH]c1=O. The van der Waals surface area contributed by atoms with Gasteiger partial charge < -0.3 is 14.0 Å². The van der Waals surface area contributed by atoms with Crippen molar-refractivity contribution in [3.8, 4) is 22.6 Å². The molecule has 0 amide bonds. The van der Waals surface area contributed by atoms with E-state index in [4.69, 9.17) is 9.05 Å². The standard InChI is InChI=1S/C18H17N2O4P/c1-23-25(22,24-2)16-15(13-9-5-3-6-10-13)19-17(20-18(16)21)14-11-7-4-8-12-14/h3-12H,1-2H3,(H,19,20,21). The number of rotatable bonds is 5. The van der Waals surface area contributed by atoms with E-state index in [0.29, 0.717) is 11.4 Å². The molecule has 2 aromatic carbocycles. The van der Waals surface area contributed by atoms with Crippen molar-refractivity contribution >= 4 is 12.9 Å². The molecule has 0 atom stereocenters. The van der Waals surface area contributed by atoms with Crippen molar-refractivity contribution < 1.29 is 13.6 Å². The summed E-state index contributed by atoms with van der Waals surface area (Å²) in [5, 5.41) is -0.108. The van der Waals surface area contributed by atoms with Crippen LogP contribution in [0.3, 0.4) is 0 Å². The molecule has 3 aromatic rings. The van der Waals surface area contributed by atoms with E-state index < -0.39 is 13.2 Å². The van der Waals surface area contributed by atoms with Gasteiger partial charge in [-0.25, -0.2) is 4.98 Å². The zero-order chi connectivity index (χ0) is 17.9. The third kappa shape index (κ3) is 3.33. The van der Waals surface area contributed by atoms with E-state index >= 15 is 0 Å². The maximum absolute atomic E-state index is 12.9. The minimum atomic E-state index is -3.79. The van der Waals surface area contributed by atoms with E-state index in [2.05, 4.69) is 9.97 Å². The Hall–Kier alpha value is -2.53. The van der Waals surface area contributed by atoms with Crippen molar-refractivity contribution in [2.24, 2.45) is 0 Å². The maximum atomic E-state index is 12.9. The number of nitrogens with zero attached hydrogens (tertiary/aromatic N) is 1.